The van der Waals surface area contributed by atoms with Crippen LogP contribution in [0.2, 0.25) is 0 Å². The van der Waals surface area contributed by atoms with Crippen molar-refractivity contribution in [1.82, 2.24) is 5.32 Å². The Kier molecular flexibility index (Phi) is 6.39. The monoisotopic (exact) mass is 343 g/mol. The third kappa shape index (κ3) is 5.53. The molecule has 0 radical (unpaired) electrons. The van der Waals surface area contributed by atoms with Crippen molar-refractivity contribution in [3.05, 3.63) is 59.7 Å². The van der Waals surface area contributed by atoms with Gasteiger partial charge < -0.3 is 19.2 Å². The molecule has 0 spiro atoms. The molecule has 1 N–H and O–H groups in total. The second kappa shape index (κ2) is 8.73. The van der Waals surface area contributed by atoms with E-state index in [1.165, 1.54) is 19.4 Å². The topological polar surface area (TPSA) is 77.8 Å². The van der Waals surface area contributed by atoms with E-state index in [0.717, 1.165) is 0 Å². The summed E-state index contributed by atoms with van der Waals surface area (Å²) < 4.78 is 15.4. The van der Waals surface area contributed by atoms with E-state index >= 15 is 0 Å². The zero-order valence-corrected chi connectivity index (χ0v) is 14.4. The van der Waals surface area contributed by atoms with E-state index in [0.29, 0.717) is 29.6 Å². The lowest BCUT2D eigenvalue weighted by molar-refractivity contribution is -0.136. The molecule has 1 amide bonds. The molecule has 0 aliphatic heterocycles. The first-order valence-corrected chi connectivity index (χ1v) is 7.87. The number of furan rings is 1. The highest BCUT2D eigenvalue weighted by atomic mass is 16.5. The number of rotatable bonds is 7. The maximum atomic E-state index is 12.4. The molecule has 0 aliphatic carbocycles. The van der Waals surface area contributed by atoms with Crippen LogP contribution in [-0.4, -0.2) is 25.6 Å². The lowest BCUT2D eigenvalue weighted by atomic mass is 10.2. The van der Waals surface area contributed by atoms with Crippen molar-refractivity contribution in [2.45, 2.75) is 13.8 Å². The van der Waals surface area contributed by atoms with Crippen molar-refractivity contribution >= 4 is 18.0 Å². The summed E-state index contributed by atoms with van der Waals surface area (Å²) in [4.78, 5) is 24.2. The van der Waals surface area contributed by atoms with Gasteiger partial charge in [0.25, 0.3) is 5.91 Å². The number of methoxy groups -OCH3 is 1. The zero-order chi connectivity index (χ0) is 18.2. The van der Waals surface area contributed by atoms with Crippen molar-refractivity contribution in [3.63, 3.8) is 0 Å². The summed E-state index contributed by atoms with van der Waals surface area (Å²) >= 11 is 0. The van der Waals surface area contributed by atoms with Gasteiger partial charge in [0.1, 0.15) is 17.2 Å². The van der Waals surface area contributed by atoms with E-state index in [-0.39, 0.29) is 5.70 Å². The lowest BCUT2D eigenvalue weighted by Gasteiger charge is -2.10. The van der Waals surface area contributed by atoms with Gasteiger partial charge in [-0.3, -0.25) is 4.79 Å². The van der Waals surface area contributed by atoms with Crippen LogP contribution < -0.4 is 10.1 Å². The molecule has 1 heterocycles. The normalized spacial score (nSPS) is 11.3. The summed E-state index contributed by atoms with van der Waals surface area (Å²) in [5.41, 5.74) is 0.383. The summed E-state index contributed by atoms with van der Waals surface area (Å²) in [5.74, 6) is 0.431. The molecular formula is C19H21NO5. The van der Waals surface area contributed by atoms with E-state index in [2.05, 4.69) is 23.9 Å². The zero-order valence-electron chi connectivity index (χ0n) is 14.4. The minimum absolute atomic E-state index is 0.0115. The Morgan fingerprint density at radius 1 is 1.20 bits per heavy atom. The van der Waals surface area contributed by atoms with Crippen LogP contribution in [0.3, 0.4) is 0 Å². The summed E-state index contributed by atoms with van der Waals surface area (Å²) in [5, 5.41) is 2.54. The van der Waals surface area contributed by atoms with E-state index in [1.54, 1.807) is 36.4 Å². The molecule has 0 fully saturated rings. The van der Waals surface area contributed by atoms with Crippen LogP contribution in [-0.2, 0) is 9.53 Å². The number of benzene rings is 1. The number of esters is 1. The highest BCUT2D eigenvalue weighted by Gasteiger charge is 2.15. The Balaban J connectivity index is 2.09. The fraction of sp³-hybridized carbons (Fsp3) is 0.263. The summed E-state index contributed by atoms with van der Waals surface area (Å²) in [6.45, 7) is 4.72. The van der Waals surface area contributed by atoms with Crippen LogP contribution in [0.15, 0.2) is 52.8 Å². The summed E-state index contributed by atoms with van der Waals surface area (Å²) in [6, 6.07) is 10.0. The molecule has 0 saturated heterocycles. The van der Waals surface area contributed by atoms with E-state index in [9.17, 15) is 9.59 Å². The predicted molar refractivity (Wildman–Crippen MR) is 92.9 cm³/mol. The Hall–Kier alpha value is -3.02. The largest absolute Gasteiger partial charge is 0.493 e. The fourth-order valence-corrected chi connectivity index (χ4v) is 1.93. The Labute approximate surface area is 146 Å². The molecule has 0 aliphatic rings. The number of nitrogens with one attached hydrogen (secondary N) is 1. The van der Waals surface area contributed by atoms with Gasteiger partial charge in [-0.25, -0.2) is 4.79 Å². The number of ether oxygens (including phenoxy) is 2. The highest BCUT2D eigenvalue weighted by Crippen LogP contribution is 2.14. The van der Waals surface area contributed by atoms with Gasteiger partial charge in [-0.1, -0.05) is 13.8 Å². The number of hydrogen-bond donors (Lipinski definition) is 1. The molecule has 2 aromatic rings. The second-order valence-corrected chi connectivity index (χ2v) is 5.75. The molecule has 2 rings (SSSR count). The molecule has 132 valence electrons. The third-order valence-electron chi connectivity index (χ3n) is 3.18. The third-order valence-corrected chi connectivity index (χ3v) is 3.18. The number of amides is 1. The van der Waals surface area contributed by atoms with Crippen LogP contribution in [0.25, 0.3) is 6.08 Å². The Morgan fingerprint density at radius 2 is 1.92 bits per heavy atom. The van der Waals surface area contributed by atoms with Crippen LogP contribution >= 0.6 is 0 Å². The molecule has 0 unspecified atom stereocenters. The quantitative estimate of drug-likeness (QED) is 0.617. The molecule has 0 bridgehead atoms. The molecule has 0 saturated carbocycles. The first-order chi connectivity index (χ1) is 12.0. The molecule has 6 nitrogen and oxygen atoms in total. The van der Waals surface area contributed by atoms with Gasteiger partial charge in [0.15, 0.2) is 0 Å². The van der Waals surface area contributed by atoms with Gasteiger partial charge in [0.05, 0.1) is 20.0 Å². The molecular weight excluding hydrogens is 322 g/mol. The highest BCUT2D eigenvalue weighted by molar-refractivity contribution is 6.03. The van der Waals surface area contributed by atoms with Gasteiger partial charge in [-0.2, -0.15) is 0 Å². The SMILES string of the molecule is COC(=O)C(=Cc1ccco1)NC(=O)c1ccc(OCC(C)C)cc1. The molecule has 1 aromatic carbocycles. The van der Waals surface area contributed by atoms with Crippen molar-refractivity contribution in [3.8, 4) is 5.75 Å². The second-order valence-electron chi connectivity index (χ2n) is 5.75. The van der Waals surface area contributed by atoms with Gasteiger partial charge >= 0.3 is 5.97 Å². The number of hydrogen-bond acceptors (Lipinski definition) is 5. The first-order valence-electron chi connectivity index (χ1n) is 7.87. The minimum atomic E-state index is -0.665. The van der Waals surface area contributed by atoms with Gasteiger partial charge in [-0.15, -0.1) is 0 Å². The van der Waals surface area contributed by atoms with Crippen molar-refractivity contribution < 1.29 is 23.5 Å². The number of carbonyl (C=O) groups excluding carboxylic acids is 2. The van der Waals surface area contributed by atoms with Crippen molar-refractivity contribution in [1.29, 1.82) is 0 Å². The van der Waals surface area contributed by atoms with E-state index < -0.39 is 11.9 Å². The average molecular weight is 343 g/mol. The smallest absolute Gasteiger partial charge is 0.354 e. The van der Waals surface area contributed by atoms with Gasteiger partial charge in [0, 0.05) is 11.6 Å². The maximum Gasteiger partial charge on any atom is 0.354 e. The summed E-state index contributed by atoms with van der Waals surface area (Å²) in [6.07, 6.45) is 2.88. The minimum Gasteiger partial charge on any atom is -0.493 e. The lowest BCUT2D eigenvalue weighted by Crippen LogP contribution is -2.28. The fourth-order valence-electron chi connectivity index (χ4n) is 1.93. The standard InChI is InChI=1S/C19H21NO5/c1-13(2)12-25-15-8-6-14(7-9-15)18(21)20-17(19(22)23-3)11-16-5-4-10-24-16/h4-11,13H,12H2,1-3H3,(H,20,21). The van der Waals surface area contributed by atoms with Gasteiger partial charge in [-0.05, 0) is 42.3 Å². The molecule has 1 aromatic heterocycles. The summed E-state index contributed by atoms with van der Waals surface area (Å²) in [7, 11) is 1.24. The Bertz CT molecular complexity index is 730. The average Bonchev–Trinajstić information content (AvgIpc) is 3.12. The van der Waals surface area contributed by atoms with Crippen molar-refractivity contribution in [2.24, 2.45) is 5.92 Å². The molecule has 0 atom stereocenters. The maximum absolute atomic E-state index is 12.4. The van der Waals surface area contributed by atoms with Crippen LogP contribution in [0, 0.1) is 5.92 Å². The van der Waals surface area contributed by atoms with Gasteiger partial charge in [0.2, 0.25) is 0 Å². The molecule has 6 heteroatoms. The molecule has 25 heavy (non-hydrogen) atoms. The van der Waals surface area contributed by atoms with E-state index in [1.807, 2.05) is 0 Å². The first kappa shape index (κ1) is 18.3. The number of carbonyl (C=O) groups is 2. The van der Waals surface area contributed by atoms with Crippen molar-refractivity contribution in [2.75, 3.05) is 13.7 Å². The van der Waals surface area contributed by atoms with Crippen LogP contribution in [0.5, 0.6) is 5.75 Å². The Morgan fingerprint density at radius 3 is 2.48 bits per heavy atom. The van der Waals surface area contributed by atoms with E-state index in [4.69, 9.17) is 9.15 Å². The predicted octanol–water partition coefficient (Wildman–Crippen LogP) is 3.26. The van der Waals surface area contributed by atoms with Crippen LogP contribution in [0.4, 0.5) is 0 Å². The van der Waals surface area contributed by atoms with Crippen LogP contribution in [0.1, 0.15) is 30.0 Å².